The van der Waals surface area contributed by atoms with E-state index < -0.39 is 16.9 Å². The highest BCUT2D eigenvalue weighted by molar-refractivity contribution is 5.99. The normalized spacial score (nSPS) is 31.1. The van der Waals surface area contributed by atoms with Gasteiger partial charge in [-0.1, -0.05) is 81.4 Å². The van der Waals surface area contributed by atoms with E-state index in [2.05, 4.69) is 55.5 Å². The molecule has 2 aromatic carbocycles. The smallest absolute Gasteiger partial charge is 0.246 e. The third kappa shape index (κ3) is 2.80. The molecule has 4 heteroatoms. The quantitative estimate of drug-likeness (QED) is 0.780. The lowest BCUT2D eigenvalue weighted by Gasteiger charge is -2.46. The lowest BCUT2D eigenvalue weighted by molar-refractivity contribution is -0.123. The minimum Gasteiger partial charge on any atom is -0.418 e. The van der Waals surface area contributed by atoms with E-state index >= 15 is 0 Å². The van der Waals surface area contributed by atoms with Crippen LogP contribution in [0, 0.1) is 22.7 Å². The molecule has 0 spiro atoms. The third-order valence-corrected chi connectivity index (χ3v) is 7.59. The number of benzene rings is 2. The first kappa shape index (κ1) is 20.5. The van der Waals surface area contributed by atoms with Gasteiger partial charge in [-0.15, -0.1) is 0 Å². The summed E-state index contributed by atoms with van der Waals surface area (Å²) in [6, 6.07) is 20.2. The van der Waals surface area contributed by atoms with Crippen LogP contribution >= 0.6 is 0 Å². The lowest BCUT2D eigenvalue weighted by atomic mass is 9.56. The van der Waals surface area contributed by atoms with Crippen molar-refractivity contribution < 1.29 is 14.3 Å². The molecule has 2 fully saturated rings. The summed E-state index contributed by atoms with van der Waals surface area (Å²) in [6.45, 7) is 6.87. The molecular weight excluding hydrogens is 376 g/mol. The highest BCUT2D eigenvalue weighted by Crippen LogP contribution is 2.69. The van der Waals surface area contributed by atoms with Crippen LogP contribution in [0.15, 0.2) is 60.7 Å². The highest BCUT2D eigenvalue weighted by Gasteiger charge is 2.72. The van der Waals surface area contributed by atoms with E-state index in [0.29, 0.717) is 19.4 Å². The molecule has 0 aliphatic heterocycles. The molecule has 0 bridgehead atoms. The van der Waals surface area contributed by atoms with E-state index in [-0.39, 0.29) is 23.0 Å². The molecule has 151 valence electrons. The van der Waals surface area contributed by atoms with Crippen LogP contribution in [0.5, 0.6) is 0 Å². The van der Waals surface area contributed by atoms with Crippen molar-refractivity contribution in [3.8, 4) is 0 Å². The summed E-state index contributed by atoms with van der Waals surface area (Å²) >= 11 is 0. The van der Waals surface area contributed by atoms with E-state index in [9.17, 15) is 9.90 Å². The Morgan fingerprint density at radius 1 is 1.03 bits per heavy atom. The number of hydrogen-bond acceptors (Lipinski definition) is 3. The Bertz CT molecular complexity index is 834. The molecule has 2 aromatic rings. The zero-order valence-electron chi connectivity index (χ0n) is 17.4. The number of ketones is 1. The predicted molar refractivity (Wildman–Crippen MR) is 114 cm³/mol. The van der Waals surface area contributed by atoms with Crippen molar-refractivity contribution in [1.29, 1.82) is 0 Å². The molecule has 3 nitrogen and oxygen atoms in total. The summed E-state index contributed by atoms with van der Waals surface area (Å²) in [6.07, 6.45) is 0.527. The average molecular weight is 406 g/mol. The molecular formula is C25H29O3Si. The van der Waals surface area contributed by atoms with Crippen LogP contribution in [0.25, 0.3) is 0 Å². The Labute approximate surface area is 177 Å². The third-order valence-electron chi connectivity index (χ3n) is 7.44. The fraction of sp³-hybridized carbons (Fsp3) is 0.480. The number of rotatable bonds is 4. The predicted octanol–water partition coefficient (Wildman–Crippen LogP) is 4.08. The van der Waals surface area contributed by atoms with Gasteiger partial charge in [0.2, 0.25) is 10.5 Å². The molecule has 29 heavy (non-hydrogen) atoms. The summed E-state index contributed by atoms with van der Waals surface area (Å²) in [7, 11) is 3.26. The van der Waals surface area contributed by atoms with E-state index in [1.807, 2.05) is 36.4 Å². The number of aliphatic hydroxyl groups excluding tert-OH is 1. The number of hydrogen-bond donors (Lipinski definition) is 1. The number of fused-ring (bicyclic) bond motifs is 1. The molecule has 0 amide bonds. The zero-order valence-corrected chi connectivity index (χ0v) is 18.4. The summed E-state index contributed by atoms with van der Waals surface area (Å²) in [4.78, 5) is 14.0. The second kappa shape index (κ2) is 7.19. The van der Waals surface area contributed by atoms with E-state index in [4.69, 9.17) is 4.43 Å². The molecule has 0 aromatic heterocycles. The summed E-state index contributed by atoms with van der Waals surface area (Å²) < 4.78 is 5.63. The van der Waals surface area contributed by atoms with Gasteiger partial charge in [0.15, 0.2) is 0 Å². The van der Waals surface area contributed by atoms with Crippen LogP contribution < -0.4 is 0 Å². The van der Waals surface area contributed by atoms with E-state index in [0.717, 1.165) is 11.1 Å². The largest absolute Gasteiger partial charge is 0.418 e. The highest BCUT2D eigenvalue weighted by atomic mass is 28.2. The molecule has 2 aliphatic rings. The van der Waals surface area contributed by atoms with Gasteiger partial charge in [-0.25, -0.2) is 0 Å². The van der Waals surface area contributed by atoms with Gasteiger partial charge < -0.3 is 9.53 Å². The average Bonchev–Trinajstić information content (AvgIpc) is 3.08. The van der Waals surface area contributed by atoms with Gasteiger partial charge in [0.1, 0.15) is 5.78 Å². The topological polar surface area (TPSA) is 46.5 Å². The van der Waals surface area contributed by atoms with Gasteiger partial charge in [0.25, 0.3) is 0 Å². The molecule has 2 aliphatic carbocycles. The van der Waals surface area contributed by atoms with Crippen molar-refractivity contribution in [2.45, 2.75) is 45.1 Å². The van der Waals surface area contributed by atoms with Crippen LogP contribution in [-0.2, 0) is 14.6 Å². The van der Waals surface area contributed by atoms with E-state index in [1.54, 1.807) is 0 Å². The standard InChI is InChI=1S/C25H29O3Si/c1-23(2,3)22-19-14-21(27)25(17-10-6-4-7-11-17,18-12-8-5-9-13-18)24(19,16-28-29)15-20(22)26/h4-13,19-20,22,26H,14-16H2,1-3H3/t19-,20+,22+,24+/m0/s1. The fourth-order valence-corrected chi connectivity index (χ4v) is 6.93. The molecule has 4 rings (SSSR count). The van der Waals surface area contributed by atoms with Crippen LogP contribution in [-0.4, -0.2) is 34.1 Å². The number of aliphatic hydroxyl groups is 1. The van der Waals surface area contributed by atoms with Crippen LogP contribution in [0.2, 0.25) is 0 Å². The van der Waals surface area contributed by atoms with Crippen molar-refractivity contribution in [2.24, 2.45) is 22.7 Å². The Morgan fingerprint density at radius 2 is 1.55 bits per heavy atom. The first-order chi connectivity index (χ1) is 13.8. The van der Waals surface area contributed by atoms with Gasteiger partial charge in [0, 0.05) is 18.4 Å². The van der Waals surface area contributed by atoms with Gasteiger partial charge in [-0.2, -0.15) is 0 Å². The van der Waals surface area contributed by atoms with Crippen LogP contribution in [0.3, 0.4) is 0 Å². The maximum absolute atomic E-state index is 14.0. The van der Waals surface area contributed by atoms with Crippen molar-refractivity contribution in [3.05, 3.63) is 71.8 Å². The lowest BCUT2D eigenvalue weighted by Crippen LogP contribution is -2.51. The van der Waals surface area contributed by atoms with Gasteiger partial charge in [-0.05, 0) is 34.8 Å². The summed E-state index contributed by atoms with van der Waals surface area (Å²) in [5.74, 6) is 0.300. The maximum Gasteiger partial charge on any atom is 0.246 e. The fourth-order valence-electron chi connectivity index (χ4n) is 6.67. The minimum atomic E-state index is -0.839. The molecule has 3 radical (unpaired) electrons. The van der Waals surface area contributed by atoms with Crippen molar-refractivity contribution >= 4 is 16.3 Å². The Kier molecular flexibility index (Phi) is 5.08. The zero-order chi connectivity index (χ0) is 20.9. The van der Waals surface area contributed by atoms with Gasteiger partial charge >= 0.3 is 0 Å². The Morgan fingerprint density at radius 3 is 2.00 bits per heavy atom. The molecule has 2 saturated carbocycles. The monoisotopic (exact) mass is 405 g/mol. The minimum absolute atomic E-state index is 0.0302. The Balaban J connectivity index is 2.04. The second-order valence-electron chi connectivity index (χ2n) is 9.82. The molecule has 0 heterocycles. The van der Waals surface area contributed by atoms with Crippen LogP contribution in [0.1, 0.15) is 44.7 Å². The van der Waals surface area contributed by atoms with E-state index in [1.165, 1.54) is 0 Å². The molecule has 1 N–H and O–H groups in total. The first-order valence-corrected chi connectivity index (χ1v) is 10.8. The summed E-state index contributed by atoms with van der Waals surface area (Å²) in [5, 5.41) is 11.3. The van der Waals surface area contributed by atoms with Crippen molar-refractivity contribution in [1.82, 2.24) is 0 Å². The van der Waals surface area contributed by atoms with Crippen molar-refractivity contribution in [3.63, 3.8) is 0 Å². The van der Waals surface area contributed by atoms with Crippen LogP contribution in [0.4, 0.5) is 0 Å². The summed E-state index contributed by atoms with van der Waals surface area (Å²) in [5.41, 5.74) is 0.509. The molecule has 4 atom stereocenters. The number of Topliss-reactive ketones (excluding diaryl/α,β-unsaturated/α-hetero) is 1. The number of carbonyl (C=O) groups is 1. The molecule has 0 unspecified atom stereocenters. The van der Waals surface area contributed by atoms with Crippen molar-refractivity contribution in [2.75, 3.05) is 6.61 Å². The number of carbonyl (C=O) groups excluding carboxylic acids is 1. The maximum atomic E-state index is 14.0. The SMILES string of the molecule is CC(C)(C)[C@H]1[C@H](O)C[C@@]2(CO[Si])[C@H]1CC(=O)C2(c1ccccc1)c1ccccc1. The Hall–Kier alpha value is -1.75. The second-order valence-corrected chi connectivity index (χ2v) is 10.1. The first-order valence-electron chi connectivity index (χ1n) is 10.4. The van der Waals surface area contributed by atoms with Gasteiger partial charge in [-0.3, -0.25) is 4.79 Å². The molecule has 0 saturated heterocycles. The van der Waals surface area contributed by atoms with Gasteiger partial charge in [0.05, 0.1) is 11.5 Å².